The molecule has 0 aliphatic rings. The van der Waals surface area contributed by atoms with E-state index in [9.17, 15) is 4.79 Å². The highest BCUT2D eigenvalue weighted by molar-refractivity contribution is 5.92. The van der Waals surface area contributed by atoms with Crippen LogP contribution in [0.2, 0.25) is 0 Å². The van der Waals surface area contributed by atoms with Crippen molar-refractivity contribution in [3.05, 3.63) is 34.4 Å². The van der Waals surface area contributed by atoms with Crippen LogP contribution in [-0.2, 0) is 17.8 Å². The number of rotatable bonds is 3. The normalized spacial score (nSPS) is 9.62. The standard InChI is InChI=1S/C12H13NO3/c1-3-9-4-8(7-14)5-10(11(9)6-13)12(15)16-2/h4-5,14H,3,7H2,1-2H3. The molecule has 0 bridgehead atoms. The number of esters is 1. The zero-order valence-electron chi connectivity index (χ0n) is 9.28. The Morgan fingerprint density at radius 1 is 1.56 bits per heavy atom. The summed E-state index contributed by atoms with van der Waals surface area (Å²) in [5.74, 6) is -0.554. The van der Waals surface area contributed by atoms with Crippen LogP contribution in [-0.4, -0.2) is 18.2 Å². The lowest BCUT2D eigenvalue weighted by atomic mass is 9.97. The molecule has 0 radical (unpaired) electrons. The Morgan fingerprint density at radius 3 is 2.69 bits per heavy atom. The summed E-state index contributed by atoms with van der Waals surface area (Å²) in [4.78, 5) is 11.5. The zero-order chi connectivity index (χ0) is 12.1. The summed E-state index contributed by atoms with van der Waals surface area (Å²) in [7, 11) is 1.26. The van der Waals surface area contributed by atoms with Crippen molar-refractivity contribution in [2.45, 2.75) is 20.0 Å². The van der Waals surface area contributed by atoms with E-state index < -0.39 is 5.97 Å². The van der Waals surface area contributed by atoms with Gasteiger partial charge in [-0.05, 0) is 23.6 Å². The Morgan fingerprint density at radius 2 is 2.25 bits per heavy atom. The van der Waals surface area contributed by atoms with E-state index in [1.54, 1.807) is 6.07 Å². The highest BCUT2D eigenvalue weighted by Gasteiger charge is 2.16. The third-order valence-corrected chi connectivity index (χ3v) is 2.36. The minimum atomic E-state index is -0.554. The predicted molar refractivity (Wildman–Crippen MR) is 57.8 cm³/mol. The van der Waals surface area contributed by atoms with Crippen LogP contribution in [0.3, 0.4) is 0 Å². The molecule has 0 aromatic heterocycles. The van der Waals surface area contributed by atoms with Crippen molar-refractivity contribution in [1.82, 2.24) is 0 Å². The van der Waals surface area contributed by atoms with Crippen LogP contribution < -0.4 is 0 Å². The first-order valence-corrected chi connectivity index (χ1v) is 4.93. The first kappa shape index (κ1) is 12.2. The van der Waals surface area contributed by atoms with Crippen LogP contribution in [0.5, 0.6) is 0 Å². The van der Waals surface area contributed by atoms with E-state index in [0.717, 1.165) is 5.56 Å². The number of aryl methyl sites for hydroxylation is 1. The lowest BCUT2D eigenvalue weighted by Crippen LogP contribution is -2.08. The lowest BCUT2D eigenvalue weighted by molar-refractivity contribution is 0.0600. The summed E-state index contributed by atoms with van der Waals surface area (Å²) in [5, 5.41) is 18.1. The summed E-state index contributed by atoms with van der Waals surface area (Å²) in [6.07, 6.45) is 0.626. The number of nitrogens with zero attached hydrogens (tertiary/aromatic N) is 1. The number of hydrogen-bond donors (Lipinski definition) is 1. The maximum Gasteiger partial charge on any atom is 0.339 e. The number of methoxy groups -OCH3 is 1. The number of hydrogen-bond acceptors (Lipinski definition) is 4. The van der Waals surface area contributed by atoms with Gasteiger partial charge < -0.3 is 9.84 Å². The van der Waals surface area contributed by atoms with Crippen molar-refractivity contribution in [3.63, 3.8) is 0 Å². The minimum absolute atomic E-state index is 0.164. The van der Waals surface area contributed by atoms with Crippen LogP contribution in [0.25, 0.3) is 0 Å². The number of ether oxygens (including phenoxy) is 1. The Kier molecular flexibility index (Phi) is 4.03. The Hall–Kier alpha value is -1.86. The fraction of sp³-hybridized carbons (Fsp3) is 0.333. The van der Waals surface area contributed by atoms with E-state index >= 15 is 0 Å². The van der Waals surface area contributed by atoms with Crippen molar-refractivity contribution in [3.8, 4) is 6.07 Å². The van der Waals surface area contributed by atoms with Crippen LogP contribution >= 0.6 is 0 Å². The molecule has 1 aromatic rings. The van der Waals surface area contributed by atoms with Gasteiger partial charge in [-0.3, -0.25) is 0 Å². The number of benzene rings is 1. The molecular weight excluding hydrogens is 206 g/mol. The van der Waals surface area contributed by atoms with Gasteiger partial charge in [0.2, 0.25) is 0 Å². The molecule has 1 N–H and O–H groups in total. The van der Waals surface area contributed by atoms with E-state index in [2.05, 4.69) is 4.74 Å². The molecule has 4 heteroatoms. The summed E-state index contributed by atoms with van der Waals surface area (Å²) in [6.45, 7) is 1.72. The van der Waals surface area contributed by atoms with Gasteiger partial charge in [0.1, 0.15) is 6.07 Å². The number of carbonyl (C=O) groups is 1. The summed E-state index contributed by atoms with van der Waals surface area (Å²) in [5.41, 5.74) is 1.89. The Labute approximate surface area is 94.1 Å². The molecule has 0 amide bonds. The first-order chi connectivity index (χ1) is 7.67. The largest absolute Gasteiger partial charge is 0.465 e. The third-order valence-electron chi connectivity index (χ3n) is 2.36. The molecule has 0 saturated heterocycles. The predicted octanol–water partition coefficient (Wildman–Crippen LogP) is 1.40. The smallest absolute Gasteiger partial charge is 0.339 e. The summed E-state index contributed by atoms with van der Waals surface area (Å²) < 4.78 is 4.61. The summed E-state index contributed by atoms with van der Waals surface area (Å²) in [6, 6.07) is 5.22. The van der Waals surface area contributed by atoms with Crippen LogP contribution in [0.1, 0.15) is 34.0 Å². The molecule has 1 rings (SSSR count). The molecule has 84 valence electrons. The molecule has 4 nitrogen and oxygen atoms in total. The van der Waals surface area contributed by atoms with Crippen molar-refractivity contribution in [2.75, 3.05) is 7.11 Å². The first-order valence-electron chi connectivity index (χ1n) is 4.93. The Bertz CT molecular complexity index is 446. The van der Waals surface area contributed by atoms with Gasteiger partial charge >= 0.3 is 5.97 Å². The molecule has 16 heavy (non-hydrogen) atoms. The van der Waals surface area contributed by atoms with Crippen molar-refractivity contribution in [1.29, 1.82) is 5.26 Å². The quantitative estimate of drug-likeness (QED) is 0.780. The molecule has 0 unspecified atom stereocenters. The zero-order valence-corrected chi connectivity index (χ0v) is 9.28. The average Bonchev–Trinajstić information content (AvgIpc) is 2.35. The van der Waals surface area contributed by atoms with E-state index in [4.69, 9.17) is 10.4 Å². The van der Waals surface area contributed by atoms with Gasteiger partial charge in [-0.2, -0.15) is 5.26 Å². The topological polar surface area (TPSA) is 70.3 Å². The molecule has 0 aliphatic carbocycles. The van der Waals surface area contributed by atoms with Gasteiger partial charge in [-0.1, -0.05) is 13.0 Å². The maximum atomic E-state index is 11.5. The highest BCUT2D eigenvalue weighted by Crippen LogP contribution is 2.19. The van der Waals surface area contributed by atoms with Gasteiger partial charge in [0.25, 0.3) is 0 Å². The molecule has 0 spiro atoms. The van der Waals surface area contributed by atoms with Gasteiger partial charge in [0, 0.05) is 0 Å². The van der Waals surface area contributed by atoms with E-state index in [0.29, 0.717) is 17.5 Å². The fourth-order valence-corrected chi connectivity index (χ4v) is 1.54. The minimum Gasteiger partial charge on any atom is -0.465 e. The second-order valence-electron chi connectivity index (χ2n) is 3.29. The SMILES string of the molecule is CCc1cc(CO)cc(C(=O)OC)c1C#N. The van der Waals surface area contributed by atoms with Crippen LogP contribution in [0, 0.1) is 11.3 Å². The molecule has 0 atom stereocenters. The van der Waals surface area contributed by atoms with Gasteiger partial charge in [0.15, 0.2) is 0 Å². The van der Waals surface area contributed by atoms with Crippen molar-refractivity contribution < 1.29 is 14.6 Å². The monoisotopic (exact) mass is 219 g/mol. The lowest BCUT2D eigenvalue weighted by Gasteiger charge is -2.09. The molecule has 0 heterocycles. The average molecular weight is 219 g/mol. The van der Waals surface area contributed by atoms with Crippen LogP contribution in [0.15, 0.2) is 12.1 Å². The van der Waals surface area contributed by atoms with E-state index in [-0.39, 0.29) is 12.2 Å². The molecule has 0 fully saturated rings. The Balaban J connectivity index is 3.44. The van der Waals surface area contributed by atoms with Gasteiger partial charge in [-0.15, -0.1) is 0 Å². The number of aliphatic hydroxyl groups is 1. The maximum absolute atomic E-state index is 11.5. The molecule has 1 aromatic carbocycles. The number of aliphatic hydroxyl groups excluding tert-OH is 1. The van der Waals surface area contributed by atoms with Gasteiger partial charge in [0.05, 0.1) is 24.8 Å². The van der Waals surface area contributed by atoms with Gasteiger partial charge in [-0.25, -0.2) is 4.79 Å². The van der Waals surface area contributed by atoms with Crippen LogP contribution in [0.4, 0.5) is 0 Å². The highest BCUT2D eigenvalue weighted by atomic mass is 16.5. The third kappa shape index (κ3) is 2.20. The second-order valence-corrected chi connectivity index (χ2v) is 3.29. The van der Waals surface area contributed by atoms with E-state index in [1.165, 1.54) is 13.2 Å². The number of nitriles is 1. The van der Waals surface area contributed by atoms with E-state index in [1.807, 2.05) is 13.0 Å². The van der Waals surface area contributed by atoms with Crippen molar-refractivity contribution in [2.24, 2.45) is 0 Å². The molecule has 0 aliphatic heterocycles. The molecular formula is C12H13NO3. The van der Waals surface area contributed by atoms with Crippen molar-refractivity contribution >= 4 is 5.97 Å². The number of carbonyl (C=O) groups excluding carboxylic acids is 1. The molecule has 0 saturated carbocycles. The summed E-state index contributed by atoms with van der Waals surface area (Å²) >= 11 is 0. The fourth-order valence-electron chi connectivity index (χ4n) is 1.54. The second kappa shape index (κ2) is 5.29.